The number of sulfonamides is 1. The van der Waals surface area contributed by atoms with Gasteiger partial charge in [-0.25, -0.2) is 13.4 Å². The monoisotopic (exact) mass is 411 g/mol. The van der Waals surface area contributed by atoms with Crippen LogP contribution in [0, 0.1) is 13.8 Å². The molecule has 2 aromatic rings. The molecule has 0 aliphatic carbocycles. The summed E-state index contributed by atoms with van der Waals surface area (Å²) in [4.78, 5) is 16.2. The van der Waals surface area contributed by atoms with Gasteiger partial charge in [0.2, 0.25) is 15.9 Å². The van der Waals surface area contributed by atoms with Gasteiger partial charge in [-0.05, 0) is 49.2 Å². The van der Waals surface area contributed by atoms with E-state index in [1.165, 1.54) is 13.1 Å². The topological polar surface area (TPSA) is 79.4 Å². The van der Waals surface area contributed by atoms with Crippen LogP contribution in [0.2, 0.25) is 0 Å². The van der Waals surface area contributed by atoms with E-state index in [2.05, 4.69) is 26.2 Å². The smallest absolute Gasteiger partial charge is 0.243 e. The van der Waals surface area contributed by atoms with Gasteiger partial charge >= 0.3 is 0 Å². The summed E-state index contributed by atoms with van der Waals surface area (Å²) in [6.07, 6.45) is 1.63. The maximum absolute atomic E-state index is 12.5. The maximum Gasteiger partial charge on any atom is 0.243 e. The summed E-state index contributed by atoms with van der Waals surface area (Å²) >= 11 is 3.34. The van der Waals surface area contributed by atoms with Gasteiger partial charge in [0.25, 0.3) is 0 Å². The van der Waals surface area contributed by atoms with Gasteiger partial charge in [0.15, 0.2) is 0 Å². The summed E-state index contributed by atoms with van der Waals surface area (Å²) in [6.45, 7) is 3.39. The summed E-state index contributed by atoms with van der Waals surface area (Å²) in [5.74, 6) is -0.0675. The molecule has 0 saturated heterocycles. The van der Waals surface area contributed by atoms with Crippen molar-refractivity contribution in [2.75, 3.05) is 18.9 Å². The molecule has 1 N–H and O–H groups in total. The van der Waals surface area contributed by atoms with Crippen LogP contribution in [0.4, 0.5) is 5.82 Å². The normalized spacial score (nSPS) is 11.5. The lowest BCUT2D eigenvalue weighted by molar-refractivity contribution is -0.116. The Morgan fingerprint density at radius 2 is 1.96 bits per heavy atom. The standard InChI is InChI=1S/C16H18BrN3O3S/c1-11-4-7-15(18-9-11)19-16(21)10-20(3)24(22,23)13-5-6-14(17)12(2)8-13/h4-9H,10H2,1-3H3,(H,18,19,21). The Labute approximate surface area is 150 Å². The van der Waals surface area contributed by atoms with Crippen molar-refractivity contribution in [2.24, 2.45) is 0 Å². The molecule has 1 aromatic heterocycles. The third kappa shape index (κ3) is 4.40. The molecule has 0 unspecified atom stereocenters. The minimum Gasteiger partial charge on any atom is -0.310 e. The number of hydrogen-bond acceptors (Lipinski definition) is 4. The van der Waals surface area contributed by atoms with Crippen molar-refractivity contribution in [3.05, 3.63) is 52.1 Å². The summed E-state index contributed by atoms with van der Waals surface area (Å²) in [7, 11) is -2.37. The van der Waals surface area contributed by atoms with Crippen molar-refractivity contribution in [1.82, 2.24) is 9.29 Å². The van der Waals surface area contributed by atoms with Crippen molar-refractivity contribution in [1.29, 1.82) is 0 Å². The zero-order valence-electron chi connectivity index (χ0n) is 13.6. The number of likely N-dealkylation sites (N-methyl/N-ethyl adjacent to an activating group) is 1. The van der Waals surface area contributed by atoms with Gasteiger partial charge in [-0.15, -0.1) is 0 Å². The molecule has 8 heteroatoms. The zero-order chi connectivity index (χ0) is 17.9. The van der Waals surface area contributed by atoms with Gasteiger partial charge in [0.05, 0.1) is 11.4 Å². The second-order valence-corrected chi connectivity index (χ2v) is 8.34. The van der Waals surface area contributed by atoms with Crippen LogP contribution in [-0.4, -0.2) is 37.2 Å². The third-order valence-corrected chi connectivity index (χ3v) is 6.07. The number of carbonyl (C=O) groups excluding carboxylic acids is 1. The highest BCUT2D eigenvalue weighted by Gasteiger charge is 2.23. The molecule has 0 saturated carbocycles. The zero-order valence-corrected chi connectivity index (χ0v) is 16.0. The van der Waals surface area contributed by atoms with E-state index in [4.69, 9.17) is 0 Å². The Balaban J connectivity index is 2.09. The number of carbonyl (C=O) groups is 1. The fraction of sp³-hybridized carbons (Fsp3) is 0.250. The van der Waals surface area contributed by atoms with E-state index < -0.39 is 15.9 Å². The van der Waals surface area contributed by atoms with Gasteiger partial charge in [-0.2, -0.15) is 4.31 Å². The second-order valence-electron chi connectivity index (χ2n) is 5.44. The number of aromatic nitrogens is 1. The van der Waals surface area contributed by atoms with Gasteiger partial charge in [0.1, 0.15) is 5.82 Å². The number of pyridine rings is 1. The first-order chi connectivity index (χ1) is 11.2. The number of amides is 1. The van der Waals surface area contributed by atoms with Gasteiger partial charge in [0, 0.05) is 17.7 Å². The van der Waals surface area contributed by atoms with Gasteiger partial charge in [-0.1, -0.05) is 22.0 Å². The van der Waals surface area contributed by atoms with E-state index in [1.807, 2.05) is 13.0 Å². The molecule has 0 aliphatic heterocycles. The highest BCUT2D eigenvalue weighted by Crippen LogP contribution is 2.22. The van der Waals surface area contributed by atoms with Crippen LogP contribution in [0.3, 0.4) is 0 Å². The summed E-state index contributed by atoms with van der Waals surface area (Å²) in [5.41, 5.74) is 1.77. The Bertz CT molecular complexity index is 851. The molecule has 1 amide bonds. The lowest BCUT2D eigenvalue weighted by Gasteiger charge is -2.17. The molecule has 0 fully saturated rings. The Morgan fingerprint density at radius 3 is 2.54 bits per heavy atom. The Hall–Kier alpha value is -1.77. The van der Waals surface area contributed by atoms with Gasteiger partial charge in [-0.3, -0.25) is 4.79 Å². The molecule has 0 atom stereocenters. The number of halogens is 1. The third-order valence-electron chi connectivity index (χ3n) is 3.38. The number of anilines is 1. The van der Waals surface area contributed by atoms with E-state index in [1.54, 1.807) is 31.3 Å². The molecule has 24 heavy (non-hydrogen) atoms. The Morgan fingerprint density at radius 1 is 1.25 bits per heavy atom. The van der Waals surface area contributed by atoms with E-state index >= 15 is 0 Å². The number of rotatable bonds is 5. The van der Waals surface area contributed by atoms with Crippen molar-refractivity contribution >= 4 is 37.7 Å². The van der Waals surface area contributed by atoms with Crippen LogP contribution < -0.4 is 5.32 Å². The van der Waals surface area contributed by atoms with Crippen LogP contribution in [-0.2, 0) is 14.8 Å². The Kier molecular flexibility index (Phi) is 5.74. The van der Waals surface area contributed by atoms with E-state index in [0.717, 1.165) is 19.9 Å². The molecular weight excluding hydrogens is 394 g/mol. The van der Waals surface area contributed by atoms with E-state index in [0.29, 0.717) is 5.82 Å². The van der Waals surface area contributed by atoms with Gasteiger partial charge < -0.3 is 5.32 Å². The molecule has 128 valence electrons. The second kappa shape index (κ2) is 7.42. The number of hydrogen-bond donors (Lipinski definition) is 1. The van der Waals surface area contributed by atoms with Crippen LogP contribution in [0.1, 0.15) is 11.1 Å². The molecule has 0 bridgehead atoms. The molecule has 1 heterocycles. The fourth-order valence-electron chi connectivity index (χ4n) is 1.97. The van der Waals surface area contributed by atoms with Crippen molar-refractivity contribution in [3.63, 3.8) is 0 Å². The van der Waals surface area contributed by atoms with Crippen LogP contribution in [0.5, 0.6) is 0 Å². The SMILES string of the molecule is Cc1ccc(NC(=O)CN(C)S(=O)(=O)c2ccc(Br)c(C)c2)nc1. The average Bonchev–Trinajstić information content (AvgIpc) is 2.52. The summed E-state index contributed by atoms with van der Waals surface area (Å²) in [6, 6.07) is 8.22. The largest absolute Gasteiger partial charge is 0.310 e. The lowest BCUT2D eigenvalue weighted by atomic mass is 10.2. The minimum atomic E-state index is -3.74. The first-order valence-corrected chi connectivity index (χ1v) is 9.38. The van der Waals surface area contributed by atoms with Crippen LogP contribution in [0.15, 0.2) is 45.9 Å². The molecular formula is C16H18BrN3O3S. The summed E-state index contributed by atoms with van der Waals surface area (Å²) in [5, 5.41) is 2.58. The first-order valence-electron chi connectivity index (χ1n) is 7.15. The molecule has 1 aromatic carbocycles. The fourth-order valence-corrected chi connectivity index (χ4v) is 3.43. The van der Waals surface area contributed by atoms with Crippen molar-refractivity contribution in [3.8, 4) is 0 Å². The molecule has 0 radical (unpaired) electrons. The number of aryl methyl sites for hydroxylation is 2. The number of nitrogens with one attached hydrogen (secondary N) is 1. The van der Waals surface area contributed by atoms with E-state index in [9.17, 15) is 13.2 Å². The van der Waals surface area contributed by atoms with Crippen LogP contribution >= 0.6 is 15.9 Å². The summed E-state index contributed by atoms with van der Waals surface area (Å²) < 4.78 is 26.9. The molecule has 6 nitrogen and oxygen atoms in total. The first kappa shape index (κ1) is 18.6. The highest BCUT2D eigenvalue weighted by atomic mass is 79.9. The lowest BCUT2D eigenvalue weighted by Crippen LogP contribution is -2.35. The van der Waals surface area contributed by atoms with Crippen molar-refractivity contribution in [2.45, 2.75) is 18.7 Å². The predicted octanol–water partition coefficient (Wildman–Crippen LogP) is 2.72. The quantitative estimate of drug-likeness (QED) is 0.819. The van der Waals surface area contributed by atoms with Crippen LogP contribution in [0.25, 0.3) is 0 Å². The molecule has 2 rings (SSSR count). The molecule has 0 aliphatic rings. The van der Waals surface area contributed by atoms with E-state index in [-0.39, 0.29) is 11.4 Å². The van der Waals surface area contributed by atoms with Crippen molar-refractivity contribution < 1.29 is 13.2 Å². The average molecular weight is 412 g/mol. The maximum atomic E-state index is 12.5. The predicted molar refractivity (Wildman–Crippen MR) is 96.3 cm³/mol. The minimum absolute atomic E-state index is 0.145. The number of nitrogens with zero attached hydrogens (tertiary/aromatic N) is 2. The highest BCUT2D eigenvalue weighted by molar-refractivity contribution is 9.10. The molecule has 0 spiro atoms. The number of benzene rings is 1.